The van der Waals surface area contributed by atoms with Crippen LogP contribution in [-0.2, 0) is 12.6 Å². The summed E-state index contributed by atoms with van der Waals surface area (Å²) in [4.78, 5) is 4.52. The van der Waals surface area contributed by atoms with Crippen LogP contribution in [0.1, 0.15) is 28.5 Å². The molecule has 0 bridgehead atoms. The summed E-state index contributed by atoms with van der Waals surface area (Å²) in [6.45, 7) is 0. The van der Waals surface area contributed by atoms with E-state index in [1.807, 2.05) is 42.5 Å². The zero-order valence-electron chi connectivity index (χ0n) is 14.1. The predicted octanol–water partition coefficient (Wildman–Crippen LogP) is 5.60. The van der Waals surface area contributed by atoms with Crippen molar-refractivity contribution in [3.8, 4) is 6.07 Å². The van der Waals surface area contributed by atoms with Gasteiger partial charge in [-0.2, -0.15) is 18.4 Å². The SMILES string of the molecule is N#CC(=N[C@H](Cc1ccco1)c1ccccc1)c1ccc(C(F)(F)F)cc1. The number of hydrogen-bond donors (Lipinski definition) is 0. The molecule has 27 heavy (non-hydrogen) atoms. The van der Waals surface area contributed by atoms with Gasteiger partial charge in [-0.1, -0.05) is 42.5 Å². The van der Waals surface area contributed by atoms with Crippen molar-refractivity contribution in [2.45, 2.75) is 18.6 Å². The summed E-state index contributed by atoms with van der Waals surface area (Å²) >= 11 is 0. The fourth-order valence-corrected chi connectivity index (χ4v) is 2.67. The zero-order valence-corrected chi connectivity index (χ0v) is 14.1. The summed E-state index contributed by atoms with van der Waals surface area (Å²) in [5.41, 5.74) is 0.530. The number of nitriles is 1. The highest BCUT2D eigenvalue weighted by Crippen LogP contribution is 2.29. The zero-order chi connectivity index (χ0) is 19.3. The van der Waals surface area contributed by atoms with Crippen molar-refractivity contribution in [1.29, 1.82) is 5.26 Å². The van der Waals surface area contributed by atoms with Crippen molar-refractivity contribution >= 4 is 5.71 Å². The molecule has 0 radical (unpaired) electrons. The Bertz CT molecular complexity index is 938. The van der Waals surface area contributed by atoms with E-state index in [9.17, 15) is 18.4 Å². The van der Waals surface area contributed by atoms with Gasteiger partial charge in [0, 0.05) is 12.0 Å². The van der Waals surface area contributed by atoms with Crippen molar-refractivity contribution in [3.63, 3.8) is 0 Å². The third-order valence-electron chi connectivity index (χ3n) is 4.04. The summed E-state index contributed by atoms with van der Waals surface area (Å²) in [6.07, 6.45) is -2.43. The summed E-state index contributed by atoms with van der Waals surface area (Å²) in [6, 6.07) is 19.0. The number of alkyl halides is 3. The van der Waals surface area contributed by atoms with Crippen LogP contribution >= 0.6 is 0 Å². The normalized spacial score (nSPS) is 13.2. The molecule has 1 atom stereocenters. The fraction of sp³-hybridized carbons (Fsp3) is 0.143. The van der Waals surface area contributed by atoms with Gasteiger partial charge in [-0.05, 0) is 29.8 Å². The molecule has 2 aromatic carbocycles. The molecule has 1 heterocycles. The average Bonchev–Trinajstić information content (AvgIpc) is 3.18. The number of aliphatic imine (C=N–C) groups is 1. The molecule has 0 aliphatic heterocycles. The third-order valence-corrected chi connectivity index (χ3v) is 4.04. The second kappa shape index (κ2) is 7.92. The summed E-state index contributed by atoms with van der Waals surface area (Å²) in [5.74, 6) is 0.706. The van der Waals surface area contributed by atoms with Gasteiger partial charge in [0.05, 0.1) is 17.9 Å². The van der Waals surface area contributed by atoms with Crippen LogP contribution in [0.5, 0.6) is 0 Å². The Morgan fingerprint density at radius 2 is 1.70 bits per heavy atom. The van der Waals surface area contributed by atoms with Gasteiger partial charge in [0.25, 0.3) is 0 Å². The molecule has 0 N–H and O–H groups in total. The molecule has 1 aromatic heterocycles. The first-order valence-corrected chi connectivity index (χ1v) is 8.20. The molecule has 0 amide bonds. The largest absolute Gasteiger partial charge is 0.469 e. The molecule has 3 nitrogen and oxygen atoms in total. The number of rotatable bonds is 5. The maximum absolute atomic E-state index is 12.7. The average molecular weight is 368 g/mol. The molecular weight excluding hydrogens is 353 g/mol. The van der Waals surface area contributed by atoms with Gasteiger partial charge in [0.2, 0.25) is 0 Å². The first-order valence-electron chi connectivity index (χ1n) is 8.20. The van der Waals surface area contributed by atoms with Crippen molar-refractivity contribution in [2.24, 2.45) is 4.99 Å². The van der Waals surface area contributed by atoms with E-state index in [2.05, 4.69) is 4.99 Å². The van der Waals surface area contributed by atoms with Gasteiger partial charge < -0.3 is 4.42 Å². The lowest BCUT2D eigenvalue weighted by molar-refractivity contribution is -0.137. The van der Waals surface area contributed by atoms with E-state index in [0.717, 1.165) is 17.7 Å². The number of benzene rings is 2. The number of hydrogen-bond acceptors (Lipinski definition) is 3. The van der Waals surface area contributed by atoms with Crippen molar-refractivity contribution < 1.29 is 17.6 Å². The summed E-state index contributed by atoms with van der Waals surface area (Å²) < 4.78 is 43.6. The Labute approximate surface area is 154 Å². The highest BCUT2D eigenvalue weighted by atomic mass is 19.4. The molecule has 0 saturated heterocycles. The van der Waals surface area contributed by atoms with Crippen LogP contribution in [0, 0.1) is 11.3 Å². The van der Waals surface area contributed by atoms with Gasteiger partial charge >= 0.3 is 6.18 Å². The minimum absolute atomic E-state index is 0.0733. The van der Waals surface area contributed by atoms with Crippen molar-refractivity contribution in [2.75, 3.05) is 0 Å². The minimum Gasteiger partial charge on any atom is -0.469 e. The monoisotopic (exact) mass is 368 g/mol. The van der Waals surface area contributed by atoms with E-state index in [4.69, 9.17) is 4.42 Å². The quantitative estimate of drug-likeness (QED) is 0.551. The Balaban J connectivity index is 1.95. The maximum atomic E-state index is 12.7. The lowest BCUT2D eigenvalue weighted by Gasteiger charge is -2.13. The van der Waals surface area contributed by atoms with E-state index in [0.29, 0.717) is 17.7 Å². The second-order valence-corrected chi connectivity index (χ2v) is 5.87. The predicted molar refractivity (Wildman–Crippen MR) is 95.2 cm³/mol. The number of furan rings is 1. The van der Waals surface area contributed by atoms with Crippen molar-refractivity contribution in [1.82, 2.24) is 0 Å². The van der Waals surface area contributed by atoms with Gasteiger partial charge in [-0.3, -0.25) is 4.99 Å². The molecular formula is C21H15F3N2O. The molecule has 6 heteroatoms. The molecule has 3 aromatic rings. The van der Waals surface area contributed by atoms with Crippen LogP contribution in [0.2, 0.25) is 0 Å². The Hall–Kier alpha value is -3.33. The van der Waals surface area contributed by atoms with Gasteiger partial charge in [-0.25, -0.2) is 0 Å². The van der Waals surface area contributed by atoms with E-state index in [1.165, 1.54) is 12.1 Å². The highest BCUT2D eigenvalue weighted by Gasteiger charge is 2.30. The molecule has 0 saturated carbocycles. The maximum Gasteiger partial charge on any atom is 0.416 e. The molecule has 0 unspecified atom stereocenters. The lowest BCUT2D eigenvalue weighted by atomic mass is 10.0. The minimum atomic E-state index is -4.42. The van der Waals surface area contributed by atoms with E-state index in [-0.39, 0.29) is 5.71 Å². The smallest absolute Gasteiger partial charge is 0.416 e. The van der Waals surface area contributed by atoms with Gasteiger partial charge in [-0.15, -0.1) is 0 Å². The van der Waals surface area contributed by atoms with Crippen molar-refractivity contribution in [3.05, 3.63) is 95.4 Å². The van der Waals surface area contributed by atoms with Crippen LogP contribution in [0.25, 0.3) is 0 Å². The first-order chi connectivity index (χ1) is 13.0. The lowest BCUT2D eigenvalue weighted by Crippen LogP contribution is -2.08. The van der Waals surface area contributed by atoms with E-state index in [1.54, 1.807) is 12.3 Å². The standard InChI is InChI=1S/C21H15F3N2O/c22-21(23,24)17-10-8-16(9-11-17)20(14-25)26-19(13-18-7-4-12-27-18)15-5-2-1-3-6-15/h1-12,19H,13H2/t19-/m1/s1. The van der Waals surface area contributed by atoms with Gasteiger partial charge in [0.15, 0.2) is 0 Å². The van der Waals surface area contributed by atoms with E-state index >= 15 is 0 Å². The third kappa shape index (κ3) is 4.64. The molecule has 3 rings (SSSR count). The molecule has 0 aliphatic carbocycles. The van der Waals surface area contributed by atoms with Crippen LogP contribution in [0.4, 0.5) is 13.2 Å². The van der Waals surface area contributed by atoms with Crippen LogP contribution in [0.3, 0.4) is 0 Å². The Morgan fingerprint density at radius 1 is 1.00 bits per heavy atom. The fourth-order valence-electron chi connectivity index (χ4n) is 2.67. The van der Waals surface area contributed by atoms with E-state index < -0.39 is 17.8 Å². The molecule has 0 aliphatic rings. The van der Waals surface area contributed by atoms with Crippen LogP contribution in [0.15, 0.2) is 82.4 Å². The molecule has 0 spiro atoms. The van der Waals surface area contributed by atoms with Gasteiger partial charge in [0.1, 0.15) is 17.5 Å². The van der Waals surface area contributed by atoms with Crippen LogP contribution in [-0.4, -0.2) is 5.71 Å². The highest BCUT2D eigenvalue weighted by molar-refractivity contribution is 6.11. The first kappa shape index (κ1) is 18.5. The molecule has 136 valence electrons. The topological polar surface area (TPSA) is 49.3 Å². The Morgan fingerprint density at radius 3 is 2.26 bits per heavy atom. The summed E-state index contributed by atoms with van der Waals surface area (Å²) in [5, 5.41) is 9.50. The van der Waals surface area contributed by atoms with Crippen LogP contribution < -0.4 is 0 Å². The number of halogens is 3. The second-order valence-electron chi connectivity index (χ2n) is 5.87. The number of nitrogens with zero attached hydrogens (tertiary/aromatic N) is 2. The Kier molecular flexibility index (Phi) is 5.41. The summed E-state index contributed by atoms with van der Waals surface area (Å²) in [7, 11) is 0. The molecule has 0 fully saturated rings.